The van der Waals surface area contributed by atoms with E-state index < -0.39 is 40.9 Å². The van der Waals surface area contributed by atoms with Gasteiger partial charge in [-0.05, 0) is 31.4 Å². The molecule has 8 heteroatoms. The second kappa shape index (κ2) is 9.63. The van der Waals surface area contributed by atoms with Crippen molar-refractivity contribution in [3.8, 4) is 0 Å². The number of amides is 1. The molecule has 0 saturated heterocycles. The highest BCUT2D eigenvalue weighted by molar-refractivity contribution is 7.12. The average molecular weight is 369 g/mol. The van der Waals surface area contributed by atoms with Gasteiger partial charge < -0.3 is 10.1 Å². The molecule has 1 rings (SSSR count). The Kier molecular flexibility index (Phi) is 7.87. The number of hydrogen-bond acceptors (Lipinski definition) is 5. The van der Waals surface area contributed by atoms with Crippen LogP contribution < -0.4 is 5.32 Å². The summed E-state index contributed by atoms with van der Waals surface area (Å²) in [7, 11) is 0. The van der Waals surface area contributed by atoms with E-state index in [4.69, 9.17) is 4.74 Å². The summed E-state index contributed by atoms with van der Waals surface area (Å²) < 4.78 is 32.4. The van der Waals surface area contributed by atoms with Crippen LogP contribution in [0.25, 0.3) is 0 Å². The summed E-state index contributed by atoms with van der Waals surface area (Å²) in [5.74, 6) is -5.40. The van der Waals surface area contributed by atoms with E-state index in [1.165, 1.54) is 19.9 Å². The molecular formula is C17H17F2NO4S. The third-order valence-electron chi connectivity index (χ3n) is 2.96. The number of carbonyl (C=O) groups excluding carboxylic acids is 3. The molecule has 0 aliphatic rings. The Bertz CT molecular complexity index is 723. The number of esters is 1. The number of Topliss-reactive ketones (excluding diaryl/α,β-unsaturated/α-hetero) is 1. The van der Waals surface area contributed by atoms with Gasteiger partial charge in [0, 0.05) is 0 Å². The molecule has 1 aromatic heterocycles. The van der Waals surface area contributed by atoms with Crippen LogP contribution in [0.2, 0.25) is 0 Å². The Labute approximate surface area is 147 Å². The largest absolute Gasteiger partial charge is 0.464 e. The number of nitrogens with one attached hydrogen (secondary N) is 1. The van der Waals surface area contributed by atoms with Crippen molar-refractivity contribution in [2.75, 3.05) is 6.61 Å². The Morgan fingerprint density at radius 2 is 2.08 bits per heavy atom. The minimum absolute atomic E-state index is 0.0319. The molecule has 134 valence electrons. The van der Waals surface area contributed by atoms with Crippen molar-refractivity contribution >= 4 is 29.0 Å². The molecule has 0 aliphatic carbocycles. The summed E-state index contributed by atoms with van der Waals surface area (Å²) >= 11 is 1.06. The monoisotopic (exact) mass is 369 g/mol. The summed E-state index contributed by atoms with van der Waals surface area (Å²) in [5.41, 5.74) is -0.953. The number of allylic oxidation sites excluding steroid dienone is 3. The third kappa shape index (κ3) is 5.18. The van der Waals surface area contributed by atoms with E-state index in [0.29, 0.717) is 6.08 Å². The van der Waals surface area contributed by atoms with Crippen molar-refractivity contribution in [1.82, 2.24) is 5.32 Å². The average Bonchev–Trinajstić information content (AvgIpc) is 3.13. The van der Waals surface area contributed by atoms with E-state index in [1.807, 2.05) is 5.32 Å². The number of rotatable bonds is 8. The highest BCUT2D eigenvalue weighted by Crippen LogP contribution is 2.20. The molecule has 0 bridgehead atoms. The second-order valence-electron chi connectivity index (χ2n) is 4.56. The summed E-state index contributed by atoms with van der Waals surface area (Å²) in [6, 6.07) is 1.33. The Morgan fingerprint density at radius 3 is 2.56 bits per heavy atom. The zero-order valence-electron chi connectivity index (χ0n) is 13.7. The van der Waals surface area contributed by atoms with Crippen molar-refractivity contribution in [2.24, 2.45) is 0 Å². The number of ether oxygens (including phenoxy) is 1. The SMILES string of the molecule is C=CC(F)=C(C(=O)NC(C(=O)OCC)C(=O)c1cccs1)C(F)=CC. The van der Waals surface area contributed by atoms with Crippen LogP contribution >= 0.6 is 11.3 Å². The molecule has 1 atom stereocenters. The van der Waals surface area contributed by atoms with Crippen molar-refractivity contribution < 1.29 is 27.9 Å². The van der Waals surface area contributed by atoms with Gasteiger partial charge in [-0.3, -0.25) is 9.59 Å². The highest BCUT2D eigenvalue weighted by atomic mass is 32.1. The first kappa shape index (κ1) is 20.4. The van der Waals surface area contributed by atoms with Gasteiger partial charge in [-0.25, -0.2) is 13.6 Å². The van der Waals surface area contributed by atoms with Gasteiger partial charge in [0.15, 0.2) is 6.04 Å². The molecule has 0 fully saturated rings. The van der Waals surface area contributed by atoms with Crippen molar-refractivity contribution in [3.05, 3.63) is 58.3 Å². The quantitative estimate of drug-likeness (QED) is 0.251. The van der Waals surface area contributed by atoms with Crippen LogP contribution in [0.4, 0.5) is 8.78 Å². The van der Waals surface area contributed by atoms with Gasteiger partial charge in [-0.2, -0.15) is 0 Å². The van der Waals surface area contributed by atoms with Crippen LogP contribution in [0.15, 0.2) is 53.5 Å². The molecule has 5 nitrogen and oxygen atoms in total. The molecule has 0 aromatic carbocycles. The second-order valence-corrected chi connectivity index (χ2v) is 5.51. The van der Waals surface area contributed by atoms with Crippen molar-refractivity contribution in [1.29, 1.82) is 0 Å². The predicted molar refractivity (Wildman–Crippen MR) is 90.4 cm³/mol. The fourth-order valence-electron chi connectivity index (χ4n) is 1.80. The van der Waals surface area contributed by atoms with Crippen molar-refractivity contribution in [2.45, 2.75) is 19.9 Å². The van der Waals surface area contributed by atoms with Gasteiger partial charge in [-0.1, -0.05) is 18.7 Å². The maximum Gasteiger partial charge on any atom is 0.336 e. The maximum absolute atomic E-state index is 13.8. The summed E-state index contributed by atoms with van der Waals surface area (Å²) in [6.45, 7) is 5.89. The normalized spacial score (nSPS) is 13.5. The smallest absolute Gasteiger partial charge is 0.336 e. The van der Waals surface area contributed by atoms with E-state index in [-0.39, 0.29) is 11.5 Å². The summed E-state index contributed by atoms with van der Waals surface area (Å²) in [5, 5.41) is 3.65. The van der Waals surface area contributed by atoms with Crippen LogP contribution in [0.3, 0.4) is 0 Å². The Morgan fingerprint density at radius 1 is 1.40 bits per heavy atom. The molecule has 1 aromatic rings. The maximum atomic E-state index is 13.8. The minimum Gasteiger partial charge on any atom is -0.464 e. The predicted octanol–water partition coefficient (Wildman–Crippen LogP) is 3.26. The molecule has 1 heterocycles. The van der Waals surface area contributed by atoms with Gasteiger partial charge in [0.25, 0.3) is 5.91 Å². The van der Waals surface area contributed by atoms with Gasteiger partial charge in [0.1, 0.15) is 17.2 Å². The van der Waals surface area contributed by atoms with Gasteiger partial charge in [0.2, 0.25) is 5.78 Å². The number of halogens is 2. The van der Waals surface area contributed by atoms with Crippen LogP contribution in [0.5, 0.6) is 0 Å². The third-order valence-corrected chi connectivity index (χ3v) is 3.85. The van der Waals surface area contributed by atoms with E-state index in [1.54, 1.807) is 11.4 Å². The fourth-order valence-corrected chi connectivity index (χ4v) is 2.49. The van der Waals surface area contributed by atoms with Gasteiger partial charge in [-0.15, -0.1) is 11.3 Å². The number of carbonyl (C=O) groups is 3. The summed E-state index contributed by atoms with van der Waals surface area (Å²) in [4.78, 5) is 36.9. The van der Waals surface area contributed by atoms with E-state index in [9.17, 15) is 23.2 Å². The first-order valence-electron chi connectivity index (χ1n) is 7.26. The molecule has 1 N–H and O–H groups in total. The van der Waals surface area contributed by atoms with E-state index >= 15 is 0 Å². The number of ketones is 1. The zero-order valence-corrected chi connectivity index (χ0v) is 14.5. The molecule has 0 saturated carbocycles. The lowest BCUT2D eigenvalue weighted by atomic mass is 10.1. The standard InChI is InChI=1S/C17H17F2NO4S/c1-4-10(18)13(11(19)5-2)16(22)20-14(17(23)24-6-3)15(21)12-8-7-9-25-12/h4-5,7-9,14H,1,6H2,2-3H3,(H,20,22). The first-order chi connectivity index (χ1) is 11.9. The van der Waals surface area contributed by atoms with E-state index in [0.717, 1.165) is 17.4 Å². The lowest BCUT2D eigenvalue weighted by Crippen LogP contribution is -2.47. The molecule has 0 aliphatic heterocycles. The number of thiophene rings is 1. The van der Waals surface area contributed by atoms with Crippen molar-refractivity contribution in [3.63, 3.8) is 0 Å². The molecular weight excluding hydrogens is 352 g/mol. The lowest BCUT2D eigenvalue weighted by molar-refractivity contribution is -0.145. The lowest BCUT2D eigenvalue weighted by Gasteiger charge is -2.16. The van der Waals surface area contributed by atoms with E-state index in [2.05, 4.69) is 6.58 Å². The highest BCUT2D eigenvalue weighted by Gasteiger charge is 2.33. The van der Waals surface area contributed by atoms with Crippen LogP contribution in [-0.2, 0) is 14.3 Å². The molecule has 1 unspecified atom stereocenters. The molecule has 25 heavy (non-hydrogen) atoms. The van der Waals surface area contributed by atoms with Crippen LogP contribution in [-0.4, -0.2) is 30.3 Å². The fraction of sp³-hybridized carbons (Fsp3) is 0.235. The molecule has 1 amide bonds. The van der Waals surface area contributed by atoms with Crippen LogP contribution in [0, 0.1) is 0 Å². The number of hydrogen-bond donors (Lipinski definition) is 1. The van der Waals surface area contributed by atoms with Gasteiger partial charge >= 0.3 is 5.97 Å². The minimum atomic E-state index is -1.72. The van der Waals surface area contributed by atoms with Gasteiger partial charge in [0.05, 0.1) is 11.5 Å². The van der Waals surface area contributed by atoms with Crippen LogP contribution in [0.1, 0.15) is 23.5 Å². The zero-order chi connectivity index (χ0) is 19.0. The first-order valence-corrected chi connectivity index (χ1v) is 8.14. The topological polar surface area (TPSA) is 72.5 Å². The molecule has 0 spiro atoms. The Balaban J connectivity index is 3.20. The summed E-state index contributed by atoms with van der Waals surface area (Å²) in [6.07, 6.45) is 1.52. The Hall–Kier alpha value is -2.61. The molecule has 0 radical (unpaired) electrons.